The predicted molar refractivity (Wildman–Crippen MR) is 76.2 cm³/mol. The third kappa shape index (κ3) is 3.30. The van der Waals surface area contributed by atoms with Crippen molar-refractivity contribution in [2.45, 2.75) is 19.9 Å². The van der Waals surface area contributed by atoms with Gasteiger partial charge in [-0.3, -0.25) is 14.3 Å². The van der Waals surface area contributed by atoms with Crippen LogP contribution in [0.15, 0.2) is 35.7 Å². The van der Waals surface area contributed by atoms with Crippen molar-refractivity contribution in [1.29, 1.82) is 0 Å². The lowest BCUT2D eigenvalue weighted by Gasteiger charge is -2.08. The van der Waals surface area contributed by atoms with Crippen molar-refractivity contribution in [1.82, 2.24) is 9.55 Å². The minimum atomic E-state index is -0.404. The molecule has 1 rings (SSSR count). The molecule has 0 bridgehead atoms. The number of hydrogen-bond acceptors (Lipinski definition) is 3. The van der Waals surface area contributed by atoms with E-state index >= 15 is 0 Å². The van der Waals surface area contributed by atoms with Crippen molar-refractivity contribution in [2.75, 3.05) is 0 Å². The highest BCUT2D eigenvalue weighted by atomic mass is 32.1. The zero-order chi connectivity index (χ0) is 13.5. The van der Waals surface area contributed by atoms with E-state index in [1.807, 2.05) is 19.1 Å². The molecule has 2 N–H and O–H groups in total. The Balaban J connectivity index is 3.27. The van der Waals surface area contributed by atoms with Crippen molar-refractivity contribution >= 4 is 18.3 Å². The lowest BCUT2D eigenvalue weighted by atomic mass is 10.2. The summed E-state index contributed by atoms with van der Waals surface area (Å²) in [5.41, 5.74) is -0.217. The average molecular weight is 264 g/mol. The van der Waals surface area contributed by atoms with E-state index in [1.54, 1.807) is 18.2 Å². The Morgan fingerprint density at radius 2 is 2.22 bits per heavy atom. The first-order valence-electron chi connectivity index (χ1n) is 5.62. The number of rotatable bonds is 5. The van der Waals surface area contributed by atoms with Gasteiger partial charge in [0.05, 0.1) is 5.56 Å². The van der Waals surface area contributed by atoms with E-state index in [1.165, 1.54) is 4.57 Å². The van der Waals surface area contributed by atoms with Crippen LogP contribution in [-0.4, -0.2) is 14.7 Å². The molecule has 4 nitrogen and oxygen atoms in total. The van der Waals surface area contributed by atoms with Crippen molar-refractivity contribution in [3.8, 4) is 5.88 Å². The molecule has 5 heteroatoms. The van der Waals surface area contributed by atoms with Gasteiger partial charge in [-0.15, -0.1) is 6.58 Å². The summed E-state index contributed by atoms with van der Waals surface area (Å²) in [6.45, 7) is 5.93. The molecule has 0 unspecified atom stereocenters. The van der Waals surface area contributed by atoms with Gasteiger partial charge < -0.3 is 5.11 Å². The number of allylic oxidation sites excluding steroid dienone is 4. The van der Waals surface area contributed by atoms with E-state index in [0.29, 0.717) is 6.54 Å². The average Bonchev–Trinajstić information content (AvgIpc) is 2.33. The quantitative estimate of drug-likeness (QED) is 0.488. The molecule has 18 heavy (non-hydrogen) atoms. The third-order valence-corrected chi connectivity index (χ3v) is 2.59. The van der Waals surface area contributed by atoms with Gasteiger partial charge in [-0.1, -0.05) is 31.2 Å². The van der Waals surface area contributed by atoms with Gasteiger partial charge >= 0.3 is 0 Å². The maximum absolute atomic E-state index is 11.7. The highest BCUT2D eigenvalue weighted by Gasteiger charge is 2.08. The summed E-state index contributed by atoms with van der Waals surface area (Å²) in [6, 6.07) is 0. The molecule has 1 aromatic rings. The zero-order valence-corrected chi connectivity index (χ0v) is 11.0. The summed E-state index contributed by atoms with van der Waals surface area (Å²) < 4.78 is 1.59. The summed E-state index contributed by atoms with van der Waals surface area (Å²) in [7, 11) is 0. The fraction of sp³-hybridized carbons (Fsp3) is 0.231. The molecule has 0 saturated carbocycles. The summed E-state index contributed by atoms with van der Waals surface area (Å²) in [5.74, 6) is -0.148. The van der Waals surface area contributed by atoms with Crippen LogP contribution in [0.1, 0.15) is 18.9 Å². The Hall–Kier alpha value is -1.88. The largest absolute Gasteiger partial charge is 0.494 e. The first-order chi connectivity index (χ1) is 8.61. The van der Waals surface area contributed by atoms with E-state index in [4.69, 9.17) is 12.2 Å². The number of nitrogens with one attached hydrogen (secondary N) is 1. The first-order valence-corrected chi connectivity index (χ1v) is 6.02. The van der Waals surface area contributed by atoms with Gasteiger partial charge in [0.25, 0.3) is 5.56 Å². The smallest absolute Gasteiger partial charge is 0.262 e. The molecule has 0 fully saturated rings. The predicted octanol–water partition coefficient (Wildman–Crippen LogP) is 2.78. The lowest BCUT2D eigenvalue weighted by molar-refractivity contribution is 0.412. The van der Waals surface area contributed by atoms with E-state index in [9.17, 15) is 9.90 Å². The van der Waals surface area contributed by atoms with Gasteiger partial charge in [0.1, 0.15) is 0 Å². The number of aromatic hydroxyl groups is 1. The summed E-state index contributed by atoms with van der Waals surface area (Å²) >= 11 is 4.97. The van der Waals surface area contributed by atoms with Crippen molar-refractivity contribution in [2.24, 2.45) is 0 Å². The SMILES string of the molecule is C=CCn1c(O)c(C=CC=CCC)c(=O)[nH]c1=S. The molecule has 96 valence electrons. The topological polar surface area (TPSA) is 58.0 Å². The molecule has 0 radical (unpaired) electrons. The van der Waals surface area contributed by atoms with Crippen LogP contribution in [0.3, 0.4) is 0 Å². The molecule has 1 aromatic heterocycles. The van der Waals surface area contributed by atoms with E-state index in [2.05, 4.69) is 11.6 Å². The molecule has 0 spiro atoms. The summed E-state index contributed by atoms with van der Waals surface area (Å²) in [5, 5.41) is 9.99. The molecule has 1 heterocycles. The second kappa shape index (κ2) is 6.76. The number of aromatic nitrogens is 2. The van der Waals surface area contributed by atoms with Gasteiger partial charge in [-0.2, -0.15) is 0 Å². The second-order valence-electron chi connectivity index (χ2n) is 3.59. The van der Waals surface area contributed by atoms with Crippen LogP contribution in [0, 0.1) is 4.77 Å². The van der Waals surface area contributed by atoms with Crippen molar-refractivity contribution in [3.63, 3.8) is 0 Å². The van der Waals surface area contributed by atoms with Gasteiger partial charge in [-0.25, -0.2) is 0 Å². The highest BCUT2D eigenvalue weighted by Crippen LogP contribution is 2.14. The van der Waals surface area contributed by atoms with Gasteiger partial charge in [0.15, 0.2) is 4.77 Å². The number of hydrogen-bond donors (Lipinski definition) is 2. The van der Waals surface area contributed by atoms with Gasteiger partial charge in [0.2, 0.25) is 5.88 Å². The van der Waals surface area contributed by atoms with Crippen LogP contribution in [0.5, 0.6) is 5.88 Å². The normalized spacial score (nSPS) is 11.4. The second-order valence-corrected chi connectivity index (χ2v) is 3.98. The lowest BCUT2D eigenvalue weighted by Crippen LogP contribution is -2.16. The Kier molecular flexibility index (Phi) is 5.32. The fourth-order valence-corrected chi connectivity index (χ4v) is 1.64. The van der Waals surface area contributed by atoms with Crippen LogP contribution in [0.25, 0.3) is 6.08 Å². The molecular formula is C13H16N2O2S. The van der Waals surface area contributed by atoms with Crippen LogP contribution < -0.4 is 5.56 Å². The van der Waals surface area contributed by atoms with Crippen LogP contribution in [0.2, 0.25) is 0 Å². The Morgan fingerprint density at radius 1 is 1.50 bits per heavy atom. The molecule has 0 aromatic carbocycles. The minimum absolute atomic E-state index is 0.148. The maximum atomic E-state index is 11.7. The molecule has 0 aliphatic carbocycles. The fourth-order valence-electron chi connectivity index (χ4n) is 1.39. The Morgan fingerprint density at radius 3 is 2.83 bits per heavy atom. The number of aromatic amines is 1. The number of H-pyrrole nitrogens is 1. The Bertz CT molecular complexity index is 594. The standard InChI is InChI=1S/C13H16N2O2S/c1-3-5-6-7-8-10-11(16)14-13(18)15(9-4-2)12(10)17/h4-8,17H,2-3,9H2,1H3,(H,14,16,18). The summed E-state index contributed by atoms with van der Waals surface area (Å²) in [6.07, 6.45) is 9.52. The zero-order valence-electron chi connectivity index (χ0n) is 10.2. The molecular weight excluding hydrogens is 248 g/mol. The Labute approximate surface area is 111 Å². The molecule has 0 amide bonds. The van der Waals surface area contributed by atoms with E-state index < -0.39 is 5.56 Å². The van der Waals surface area contributed by atoms with Crippen LogP contribution in [-0.2, 0) is 6.54 Å². The third-order valence-electron chi connectivity index (χ3n) is 2.26. The molecule has 0 saturated heterocycles. The van der Waals surface area contributed by atoms with E-state index in [-0.39, 0.29) is 16.2 Å². The molecule has 0 aliphatic heterocycles. The van der Waals surface area contributed by atoms with Gasteiger partial charge in [0, 0.05) is 6.54 Å². The van der Waals surface area contributed by atoms with Gasteiger partial charge in [-0.05, 0) is 24.7 Å². The van der Waals surface area contributed by atoms with Crippen LogP contribution in [0.4, 0.5) is 0 Å². The maximum Gasteiger partial charge on any atom is 0.262 e. The van der Waals surface area contributed by atoms with E-state index in [0.717, 1.165) is 6.42 Å². The van der Waals surface area contributed by atoms with Crippen LogP contribution >= 0.6 is 12.2 Å². The molecule has 0 atom stereocenters. The highest BCUT2D eigenvalue weighted by molar-refractivity contribution is 7.71. The summed E-state index contributed by atoms with van der Waals surface area (Å²) in [4.78, 5) is 14.2. The molecule has 0 aliphatic rings. The van der Waals surface area contributed by atoms with Crippen molar-refractivity contribution in [3.05, 3.63) is 51.6 Å². The number of nitrogens with zero attached hydrogens (tertiary/aromatic N) is 1. The monoisotopic (exact) mass is 264 g/mol. The minimum Gasteiger partial charge on any atom is -0.494 e. The van der Waals surface area contributed by atoms with Crippen molar-refractivity contribution < 1.29 is 5.11 Å². The first kappa shape index (κ1) is 14.2.